The first-order valence-corrected chi connectivity index (χ1v) is 10.4. The van der Waals surface area contributed by atoms with Crippen LogP contribution in [0.2, 0.25) is 5.02 Å². The van der Waals surface area contributed by atoms with Crippen LogP contribution in [0.5, 0.6) is 0 Å². The zero-order chi connectivity index (χ0) is 21.6. The summed E-state index contributed by atoms with van der Waals surface area (Å²) in [5, 5.41) is 5.13. The van der Waals surface area contributed by atoms with E-state index in [1.54, 1.807) is 12.1 Å². The molecule has 0 unspecified atom stereocenters. The van der Waals surface area contributed by atoms with E-state index in [2.05, 4.69) is 20.1 Å². The summed E-state index contributed by atoms with van der Waals surface area (Å²) in [5.41, 5.74) is 0.773. The van der Waals surface area contributed by atoms with Gasteiger partial charge in [-0.1, -0.05) is 17.7 Å². The van der Waals surface area contributed by atoms with Gasteiger partial charge >= 0.3 is 5.97 Å². The van der Waals surface area contributed by atoms with Crippen LogP contribution >= 0.6 is 11.6 Å². The third kappa shape index (κ3) is 6.77. The minimum absolute atomic E-state index is 0.0674. The lowest BCUT2D eigenvalue weighted by Crippen LogP contribution is -2.30. The quantitative estimate of drug-likeness (QED) is 0.564. The second kappa shape index (κ2) is 9.39. The maximum Gasteiger partial charge on any atom is 0.325 e. The number of ether oxygens (including phenoxy) is 1. The van der Waals surface area contributed by atoms with E-state index in [1.807, 2.05) is 0 Å². The number of carbonyl (C=O) groups is 3. The van der Waals surface area contributed by atoms with Crippen molar-refractivity contribution in [2.45, 2.75) is 0 Å². The number of benzene rings is 2. The number of nitrogens with one attached hydrogen (secondary N) is 3. The van der Waals surface area contributed by atoms with Gasteiger partial charge < -0.3 is 15.4 Å². The summed E-state index contributed by atoms with van der Waals surface area (Å²) in [6, 6.07) is 10.2. The predicted molar refractivity (Wildman–Crippen MR) is 109 cm³/mol. The molecule has 9 nitrogen and oxygen atoms in total. The van der Waals surface area contributed by atoms with Gasteiger partial charge in [0.1, 0.15) is 6.54 Å². The van der Waals surface area contributed by atoms with Gasteiger partial charge in [0.05, 0.1) is 24.1 Å². The number of rotatable bonds is 7. The molecule has 2 amide bonds. The highest BCUT2D eigenvalue weighted by molar-refractivity contribution is 7.92. The number of carbonyl (C=O) groups excluding carboxylic acids is 3. The fourth-order valence-corrected chi connectivity index (χ4v) is 3.00. The summed E-state index contributed by atoms with van der Waals surface area (Å²) >= 11 is 5.95. The van der Waals surface area contributed by atoms with Crippen LogP contribution < -0.4 is 15.4 Å². The molecule has 0 bridgehead atoms. The molecule has 0 saturated heterocycles. The molecule has 0 aliphatic carbocycles. The summed E-state index contributed by atoms with van der Waals surface area (Å²) in [5.74, 6) is -1.65. The normalized spacial score (nSPS) is 10.7. The Hall–Kier alpha value is -3.11. The van der Waals surface area contributed by atoms with E-state index in [9.17, 15) is 22.8 Å². The van der Waals surface area contributed by atoms with Crippen molar-refractivity contribution in [2.75, 3.05) is 29.9 Å². The molecule has 0 radical (unpaired) electrons. The molecular formula is C18H18ClN3O6S. The molecule has 11 heteroatoms. The first-order chi connectivity index (χ1) is 13.6. The van der Waals surface area contributed by atoms with Crippen molar-refractivity contribution in [1.29, 1.82) is 0 Å². The van der Waals surface area contributed by atoms with E-state index in [1.165, 1.54) is 37.4 Å². The maximum atomic E-state index is 12.5. The zero-order valence-electron chi connectivity index (χ0n) is 15.5. The van der Waals surface area contributed by atoms with E-state index < -0.39 is 27.8 Å². The Bertz CT molecular complexity index is 1060. The van der Waals surface area contributed by atoms with Crippen molar-refractivity contribution in [2.24, 2.45) is 0 Å². The van der Waals surface area contributed by atoms with Crippen LogP contribution in [-0.2, 0) is 19.6 Å². The molecule has 3 N–H and O–H groups in total. The highest BCUT2D eigenvalue weighted by Crippen LogP contribution is 2.24. The van der Waals surface area contributed by atoms with Crippen LogP contribution in [0.25, 0.3) is 0 Å². The zero-order valence-corrected chi connectivity index (χ0v) is 17.1. The Labute approximate surface area is 172 Å². The first kappa shape index (κ1) is 22.2. The fourth-order valence-electron chi connectivity index (χ4n) is 2.21. The Kier molecular flexibility index (Phi) is 7.18. The van der Waals surface area contributed by atoms with E-state index in [0.29, 0.717) is 5.69 Å². The molecule has 0 aliphatic heterocycles. The minimum atomic E-state index is -3.57. The van der Waals surface area contributed by atoms with Crippen LogP contribution in [-0.4, -0.2) is 46.1 Å². The molecule has 29 heavy (non-hydrogen) atoms. The van der Waals surface area contributed by atoms with E-state index in [4.69, 9.17) is 11.6 Å². The summed E-state index contributed by atoms with van der Waals surface area (Å²) in [6.45, 7) is -0.285. The van der Waals surface area contributed by atoms with Crippen LogP contribution in [0, 0.1) is 0 Å². The second-order valence-corrected chi connectivity index (χ2v) is 8.02. The van der Waals surface area contributed by atoms with Gasteiger partial charge in [0.2, 0.25) is 10.0 Å². The summed E-state index contributed by atoms with van der Waals surface area (Å²) in [4.78, 5) is 35.7. The molecule has 0 spiro atoms. The van der Waals surface area contributed by atoms with Crippen molar-refractivity contribution in [3.05, 3.63) is 58.6 Å². The number of hydrogen-bond donors (Lipinski definition) is 3. The Morgan fingerprint density at radius 1 is 1.03 bits per heavy atom. The molecule has 2 rings (SSSR count). The molecule has 0 heterocycles. The van der Waals surface area contributed by atoms with E-state index >= 15 is 0 Å². The number of anilines is 2. The molecule has 0 atom stereocenters. The molecule has 0 fully saturated rings. The minimum Gasteiger partial charge on any atom is -0.468 e. The topological polar surface area (TPSA) is 131 Å². The number of hydrogen-bond acceptors (Lipinski definition) is 6. The van der Waals surface area contributed by atoms with Gasteiger partial charge in [0, 0.05) is 16.8 Å². The largest absolute Gasteiger partial charge is 0.468 e. The Morgan fingerprint density at radius 2 is 1.72 bits per heavy atom. The number of halogens is 1. The van der Waals surface area contributed by atoms with Crippen molar-refractivity contribution < 1.29 is 27.5 Å². The maximum absolute atomic E-state index is 12.5. The third-order valence-electron chi connectivity index (χ3n) is 3.53. The summed E-state index contributed by atoms with van der Waals surface area (Å²) in [6.07, 6.45) is 0.965. The van der Waals surface area contributed by atoms with Gasteiger partial charge in [0.15, 0.2) is 0 Å². The summed E-state index contributed by atoms with van der Waals surface area (Å²) in [7, 11) is -2.37. The van der Waals surface area contributed by atoms with Crippen LogP contribution in [0.15, 0.2) is 42.5 Å². The molecule has 0 saturated carbocycles. The third-order valence-corrected chi connectivity index (χ3v) is 4.45. The Morgan fingerprint density at radius 3 is 2.38 bits per heavy atom. The highest BCUT2D eigenvalue weighted by atomic mass is 35.5. The molecular weight excluding hydrogens is 422 g/mol. The van der Waals surface area contributed by atoms with Gasteiger partial charge in [-0.15, -0.1) is 0 Å². The Balaban J connectivity index is 2.14. The van der Waals surface area contributed by atoms with E-state index in [0.717, 1.165) is 6.26 Å². The lowest BCUT2D eigenvalue weighted by atomic mass is 10.1. The van der Waals surface area contributed by atoms with E-state index in [-0.39, 0.29) is 28.4 Å². The second-order valence-electron chi connectivity index (χ2n) is 5.86. The van der Waals surface area contributed by atoms with Crippen molar-refractivity contribution in [3.63, 3.8) is 0 Å². The van der Waals surface area contributed by atoms with Crippen LogP contribution in [0.3, 0.4) is 0 Å². The van der Waals surface area contributed by atoms with Gasteiger partial charge in [0.25, 0.3) is 11.8 Å². The number of sulfonamides is 1. The molecule has 154 valence electrons. The molecule has 0 aliphatic rings. The van der Waals surface area contributed by atoms with Gasteiger partial charge in [-0.3, -0.25) is 19.1 Å². The molecule has 2 aromatic carbocycles. The lowest BCUT2D eigenvalue weighted by molar-refractivity contribution is -0.139. The van der Waals surface area contributed by atoms with Crippen molar-refractivity contribution >= 4 is 50.8 Å². The molecule has 2 aromatic rings. The summed E-state index contributed by atoms with van der Waals surface area (Å²) < 4.78 is 29.5. The predicted octanol–water partition coefficient (Wildman–Crippen LogP) is 1.87. The average Bonchev–Trinajstić information content (AvgIpc) is 2.66. The smallest absolute Gasteiger partial charge is 0.325 e. The van der Waals surface area contributed by atoms with Gasteiger partial charge in [-0.25, -0.2) is 8.42 Å². The monoisotopic (exact) mass is 439 g/mol. The lowest BCUT2D eigenvalue weighted by Gasteiger charge is -2.10. The standard InChI is InChI=1S/C18H18ClN3O6S/c1-28-16(23)10-20-17(24)11-4-3-5-13(8-11)21-18(25)12-6-7-14(19)15(9-12)22-29(2,26)27/h3-9,22H,10H2,1-2H3,(H,20,24)(H,21,25). The van der Waals surface area contributed by atoms with Crippen LogP contribution in [0.1, 0.15) is 20.7 Å². The van der Waals surface area contributed by atoms with Crippen molar-refractivity contribution in [1.82, 2.24) is 5.32 Å². The highest BCUT2D eigenvalue weighted by Gasteiger charge is 2.13. The van der Waals surface area contributed by atoms with Gasteiger partial charge in [-0.05, 0) is 36.4 Å². The average molecular weight is 440 g/mol. The number of amides is 2. The first-order valence-electron chi connectivity index (χ1n) is 8.13. The van der Waals surface area contributed by atoms with Crippen molar-refractivity contribution in [3.8, 4) is 0 Å². The number of esters is 1. The number of methoxy groups -OCH3 is 1. The van der Waals surface area contributed by atoms with Crippen LogP contribution in [0.4, 0.5) is 11.4 Å². The fraction of sp³-hybridized carbons (Fsp3) is 0.167. The van der Waals surface area contributed by atoms with Gasteiger partial charge in [-0.2, -0.15) is 0 Å². The SMILES string of the molecule is COC(=O)CNC(=O)c1cccc(NC(=O)c2ccc(Cl)c(NS(C)(=O)=O)c2)c1. The molecule has 0 aromatic heterocycles.